The Balaban J connectivity index is 4.11. The van der Waals surface area contributed by atoms with E-state index >= 15 is 0 Å². The van der Waals surface area contributed by atoms with Crippen LogP contribution in [0.1, 0.15) is 284 Å². The van der Waals surface area contributed by atoms with Gasteiger partial charge in [0.15, 0.2) is 12.4 Å². The highest BCUT2D eigenvalue weighted by molar-refractivity contribution is 5.70. The average Bonchev–Trinajstić information content (AvgIpc) is 3.34. The molecule has 0 aromatic rings. The van der Waals surface area contributed by atoms with E-state index in [4.69, 9.17) is 18.9 Å². The predicted molar refractivity (Wildman–Crippen MR) is 297 cm³/mol. The van der Waals surface area contributed by atoms with Crippen LogP contribution in [-0.2, 0) is 33.3 Å². The molecule has 0 heterocycles. The van der Waals surface area contributed by atoms with Crippen molar-refractivity contribution in [2.45, 2.75) is 296 Å². The largest absolute Gasteiger partial charge is 0.545 e. The molecule has 0 saturated carbocycles. The molecule has 0 radical (unpaired) electrons. The maximum absolute atomic E-state index is 12.9. The van der Waals surface area contributed by atoms with Crippen molar-refractivity contribution in [2.24, 2.45) is 0 Å². The molecule has 0 aliphatic carbocycles. The van der Waals surface area contributed by atoms with Gasteiger partial charge in [0.2, 0.25) is 0 Å². The van der Waals surface area contributed by atoms with Gasteiger partial charge in [-0.1, -0.05) is 256 Å². The van der Waals surface area contributed by atoms with Crippen LogP contribution in [0.5, 0.6) is 0 Å². The number of carboxylic acids is 1. The highest BCUT2D eigenvalue weighted by Gasteiger charge is 2.22. The van der Waals surface area contributed by atoms with Crippen LogP contribution in [0.25, 0.3) is 0 Å². The van der Waals surface area contributed by atoms with Crippen LogP contribution in [0.3, 0.4) is 0 Å². The van der Waals surface area contributed by atoms with E-state index in [1.54, 1.807) is 0 Å². The predicted octanol–water partition coefficient (Wildman–Crippen LogP) is 16.3. The Morgan fingerprint density at radius 1 is 0.423 bits per heavy atom. The van der Waals surface area contributed by atoms with E-state index < -0.39 is 24.3 Å². The van der Waals surface area contributed by atoms with Crippen LogP contribution in [0.2, 0.25) is 0 Å². The van der Waals surface area contributed by atoms with Crippen molar-refractivity contribution in [3.8, 4) is 0 Å². The molecule has 0 spiro atoms. The molecule has 0 aromatic carbocycles. The number of ether oxygens (including phenoxy) is 4. The highest BCUT2D eigenvalue weighted by atomic mass is 16.7. The van der Waals surface area contributed by atoms with E-state index in [0.29, 0.717) is 23.9 Å². The molecule has 71 heavy (non-hydrogen) atoms. The van der Waals surface area contributed by atoms with Crippen LogP contribution in [0, 0.1) is 0 Å². The first kappa shape index (κ1) is 68.5. The normalized spacial score (nSPS) is 13.0. The molecule has 0 N–H and O–H groups in total. The number of carbonyl (C=O) groups is 3. The number of hydrogen-bond donors (Lipinski definition) is 0. The lowest BCUT2D eigenvalue weighted by Crippen LogP contribution is -2.44. The summed E-state index contributed by atoms with van der Waals surface area (Å²) < 4.78 is 22.7. The van der Waals surface area contributed by atoms with Gasteiger partial charge >= 0.3 is 11.9 Å². The quantitative estimate of drug-likeness (QED) is 0.0195. The van der Waals surface area contributed by atoms with Gasteiger partial charge in [-0.3, -0.25) is 9.59 Å². The molecular formula is C62H115NO8. The fourth-order valence-electron chi connectivity index (χ4n) is 8.72. The van der Waals surface area contributed by atoms with Crippen LogP contribution < -0.4 is 5.11 Å². The first-order valence-electron chi connectivity index (χ1n) is 30.1. The topological polar surface area (TPSA) is 111 Å². The summed E-state index contributed by atoms with van der Waals surface area (Å²) in [6.07, 6.45) is 62.0. The lowest BCUT2D eigenvalue weighted by Gasteiger charge is -2.26. The number of carbonyl (C=O) groups excluding carboxylic acids is 3. The van der Waals surface area contributed by atoms with Crippen LogP contribution in [-0.4, -0.2) is 82.3 Å². The molecule has 0 amide bonds. The lowest BCUT2D eigenvalue weighted by atomic mass is 10.0. The van der Waals surface area contributed by atoms with Crippen molar-refractivity contribution in [2.75, 3.05) is 47.5 Å². The molecule has 416 valence electrons. The van der Waals surface area contributed by atoms with Crippen molar-refractivity contribution in [1.29, 1.82) is 0 Å². The molecule has 0 rings (SSSR count). The fraction of sp³-hybridized carbons (Fsp3) is 0.855. The third-order valence-electron chi connectivity index (χ3n) is 13.4. The summed E-state index contributed by atoms with van der Waals surface area (Å²) in [5, 5.41) is 11.8. The van der Waals surface area contributed by atoms with Gasteiger partial charge < -0.3 is 33.3 Å². The van der Waals surface area contributed by atoms with Gasteiger partial charge in [0.25, 0.3) is 0 Å². The Morgan fingerprint density at radius 3 is 1.13 bits per heavy atom. The standard InChI is InChI=1S/C62H115NO8/c1-6-8-10-12-14-16-18-20-22-23-24-25-26-27-28-29-30-31-32-33-34-35-36-37-39-41-43-45-47-49-51-53-60(65)71-58(57-70-62(61(66)67)68-55-54-63(3,4)5)56-69-59(64)52-50-48-46-44-42-40-38-21-19-17-15-13-11-9-7-2/h18,20,23-24,26-27,58,62H,6-17,19,21-22,25,28-57H2,1-5H3/b20-18-,24-23-,27-26-. The Hall–Kier alpha value is -2.49. The summed E-state index contributed by atoms with van der Waals surface area (Å²) in [5.41, 5.74) is 0. The zero-order valence-electron chi connectivity index (χ0n) is 47.4. The number of likely N-dealkylation sites (N-methyl/N-ethyl adjacent to an activating group) is 1. The summed E-state index contributed by atoms with van der Waals surface area (Å²) in [7, 11) is 5.93. The minimum atomic E-state index is -1.62. The number of unbranched alkanes of at least 4 members (excludes halogenated alkanes) is 35. The van der Waals surface area contributed by atoms with Crippen molar-refractivity contribution in [3.05, 3.63) is 36.5 Å². The molecular weight excluding hydrogens is 887 g/mol. The number of esters is 2. The van der Waals surface area contributed by atoms with E-state index in [-0.39, 0.29) is 32.2 Å². The van der Waals surface area contributed by atoms with Crippen molar-refractivity contribution >= 4 is 17.9 Å². The smallest absolute Gasteiger partial charge is 0.306 e. The van der Waals surface area contributed by atoms with Gasteiger partial charge in [0.05, 0.1) is 40.3 Å². The third-order valence-corrected chi connectivity index (χ3v) is 13.4. The fourth-order valence-corrected chi connectivity index (χ4v) is 8.72. The third kappa shape index (κ3) is 55.1. The number of hydrogen-bond acceptors (Lipinski definition) is 8. The van der Waals surface area contributed by atoms with Crippen LogP contribution >= 0.6 is 0 Å². The highest BCUT2D eigenvalue weighted by Crippen LogP contribution is 2.17. The van der Waals surface area contributed by atoms with Gasteiger partial charge in [0, 0.05) is 12.8 Å². The maximum Gasteiger partial charge on any atom is 0.306 e. The number of carboxylic acid groups (broad SMARTS) is 1. The average molecular weight is 1000 g/mol. The van der Waals surface area contributed by atoms with E-state index in [0.717, 1.165) is 44.9 Å². The molecule has 0 aliphatic heterocycles. The van der Waals surface area contributed by atoms with Crippen LogP contribution in [0.15, 0.2) is 36.5 Å². The Kier molecular flexibility index (Phi) is 51.9. The molecule has 0 aliphatic rings. The minimum absolute atomic E-state index is 0.150. The summed E-state index contributed by atoms with van der Waals surface area (Å²) >= 11 is 0. The summed E-state index contributed by atoms with van der Waals surface area (Å²) in [6, 6.07) is 0. The summed E-state index contributed by atoms with van der Waals surface area (Å²) in [4.78, 5) is 37.3. The van der Waals surface area contributed by atoms with Gasteiger partial charge in [-0.15, -0.1) is 0 Å². The van der Waals surface area contributed by atoms with Gasteiger partial charge in [-0.05, 0) is 51.4 Å². The minimum Gasteiger partial charge on any atom is -0.545 e. The second kappa shape index (κ2) is 53.8. The Morgan fingerprint density at radius 2 is 0.761 bits per heavy atom. The van der Waals surface area contributed by atoms with E-state index in [2.05, 4.69) is 50.3 Å². The molecule has 0 aromatic heterocycles. The second-order valence-electron chi connectivity index (χ2n) is 21.6. The van der Waals surface area contributed by atoms with Crippen LogP contribution in [0.4, 0.5) is 0 Å². The number of nitrogens with zero attached hydrogens (tertiary/aromatic N) is 1. The SMILES string of the molecule is CCCCCCC/C=C\C/C=C\C/C=C\CCCCCCCCCCCCCCCCCCC(=O)OC(COC(=O)CCCCCCCCCCCCCCCCC)COC(OCC[N+](C)(C)C)C(=O)[O-]. The first-order chi connectivity index (χ1) is 34.6. The molecule has 2 atom stereocenters. The first-order valence-corrected chi connectivity index (χ1v) is 30.1. The van der Waals surface area contributed by atoms with E-state index in [1.807, 2.05) is 21.1 Å². The van der Waals surface area contributed by atoms with E-state index in [9.17, 15) is 19.5 Å². The van der Waals surface area contributed by atoms with Gasteiger partial charge in [-0.2, -0.15) is 0 Å². The lowest BCUT2D eigenvalue weighted by molar-refractivity contribution is -0.870. The Bertz CT molecular complexity index is 1260. The van der Waals surface area contributed by atoms with Gasteiger partial charge in [-0.25, -0.2) is 0 Å². The molecule has 0 bridgehead atoms. The Labute approximate surface area is 439 Å². The van der Waals surface area contributed by atoms with Crippen molar-refractivity contribution in [3.63, 3.8) is 0 Å². The van der Waals surface area contributed by atoms with Crippen molar-refractivity contribution < 1.29 is 42.9 Å². The number of rotatable bonds is 56. The number of quaternary nitrogens is 1. The molecule has 9 nitrogen and oxygen atoms in total. The second-order valence-corrected chi connectivity index (χ2v) is 21.6. The zero-order valence-corrected chi connectivity index (χ0v) is 47.4. The molecule has 0 fully saturated rings. The number of allylic oxidation sites excluding steroid dienone is 6. The molecule has 0 saturated heterocycles. The zero-order chi connectivity index (χ0) is 52.0. The molecule has 2 unspecified atom stereocenters. The molecule has 9 heteroatoms. The summed E-state index contributed by atoms with van der Waals surface area (Å²) in [6.45, 7) is 4.77. The summed E-state index contributed by atoms with van der Waals surface area (Å²) in [5.74, 6) is -2.26. The van der Waals surface area contributed by atoms with Crippen molar-refractivity contribution in [1.82, 2.24) is 0 Å². The number of aliphatic carboxylic acids is 1. The monoisotopic (exact) mass is 1000 g/mol. The van der Waals surface area contributed by atoms with Gasteiger partial charge in [0.1, 0.15) is 13.2 Å². The van der Waals surface area contributed by atoms with E-state index in [1.165, 1.54) is 205 Å². The maximum atomic E-state index is 12.9.